The molecule has 0 unspecified atom stereocenters. The molecule has 3 N–H and O–H groups in total. The minimum Gasteiger partial charge on any atom is -0.456 e. The number of carbonyl (C=O) groups is 2. The van der Waals surface area contributed by atoms with Gasteiger partial charge in [-0.25, -0.2) is 4.79 Å². The number of aromatic nitrogens is 3. The van der Waals surface area contributed by atoms with E-state index < -0.39 is 16.9 Å². The van der Waals surface area contributed by atoms with Crippen LogP contribution < -0.4 is 11.1 Å². The Morgan fingerprint density at radius 2 is 1.94 bits per heavy atom. The summed E-state index contributed by atoms with van der Waals surface area (Å²) in [6.45, 7) is 1.89. The summed E-state index contributed by atoms with van der Waals surface area (Å²) in [4.78, 5) is 39.7. The van der Waals surface area contributed by atoms with Crippen LogP contribution in [0.4, 0.5) is 17.6 Å². The molecule has 0 radical (unpaired) electrons. The molecule has 0 aliphatic carbocycles. The molecule has 0 saturated carbocycles. The third-order valence-electron chi connectivity index (χ3n) is 6.31. The first-order valence-electron chi connectivity index (χ1n) is 11.5. The quantitative estimate of drug-likeness (QED) is 0.480. The second-order valence-electron chi connectivity index (χ2n) is 8.42. The standard InChI is InChI=1S/C25H26N6O3S/c1-2-16-8-6-7-11-18(16)27-24-29-20(28-23(26)30-24)14-34-22(33)19-15-35-25(13-12-21(32)31(19)25)17-9-4-3-5-10-17/h3-11,19H,2,12-15H2,1H3,(H3,26,27,28,29,30)/t19-,25+/m1/s1. The zero-order chi connectivity index (χ0) is 24.4. The van der Waals surface area contributed by atoms with Gasteiger partial charge < -0.3 is 20.7 Å². The first-order chi connectivity index (χ1) is 17.0. The van der Waals surface area contributed by atoms with E-state index in [1.165, 1.54) is 0 Å². The maximum Gasteiger partial charge on any atom is 0.330 e. The van der Waals surface area contributed by atoms with Gasteiger partial charge in [0.1, 0.15) is 10.9 Å². The van der Waals surface area contributed by atoms with Gasteiger partial charge in [-0.3, -0.25) is 4.79 Å². The van der Waals surface area contributed by atoms with E-state index in [1.54, 1.807) is 16.7 Å². The summed E-state index contributed by atoms with van der Waals surface area (Å²) >= 11 is 1.62. The molecule has 2 aliphatic rings. The van der Waals surface area contributed by atoms with Crippen LogP contribution in [0.5, 0.6) is 0 Å². The van der Waals surface area contributed by atoms with Crippen molar-refractivity contribution >= 4 is 41.2 Å². The van der Waals surface area contributed by atoms with Gasteiger partial charge >= 0.3 is 5.97 Å². The van der Waals surface area contributed by atoms with Gasteiger partial charge in [0, 0.05) is 17.9 Å². The van der Waals surface area contributed by atoms with E-state index in [0.29, 0.717) is 18.6 Å². The Morgan fingerprint density at radius 3 is 2.74 bits per heavy atom. The highest BCUT2D eigenvalue weighted by atomic mass is 32.2. The molecule has 3 heterocycles. The first kappa shape index (κ1) is 23.1. The minimum absolute atomic E-state index is 0.0248. The Bertz CT molecular complexity index is 1260. The van der Waals surface area contributed by atoms with Gasteiger partial charge in [0.05, 0.1) is 0 Å². The highest BCUT2D eigenvalue weighted by Gasteiger charge is 2.57. The number of ether oxygens (including phenoxy) is 1. The number of rotatable bonds is 7. The molecule has 3 aromatic rings. The Labute approximate surface area is 207 Å². The van der Waals surface area contributed by atoms with Crippen molar-refractivity contribution < 1.29 is 14.3 Å². The number of nitrogen functional groups attached to an aromatic ring is 1. The van der Waals surface area contributed by atoms with Crippen molar-refractivity contribution in [2.45, 2.75) is 43.7 Å². The van der Waals surface area contributed by atoms with E-state index in [2.05, 4.69) is 27.2 Å². The molecule has 2 aromatic carbocycles. The van der Waals surface area contributed by atoms with Crippen LogP contribution in [0.3, 0.4) is 0 Å². The molecule has 2 atom stereocenters. The third-order valence-corrected chi connectivity index (χ3v) is 7.91. The molecular weight excluding hydrogens is 464 g/mol. The summed E-state index contributed by atoms with van der Waals surface area (Å²) in [7, 11) is 0. The number of nitrogens with one attached hydrogen (secondary N) is 1. The average Bonchev–Trinajstić information content (AvgIpc) is 3.42. The van der Waals surface area contributed by atoms with Crippen molar-refractivity contribution in [2.24, 2.45) is 0 Å². The number of nitrogens with zero attached hydrogens (tertiary/aromatic N) is 4. The summed E-state index contributed by atoms with van der Waals surface area (Å²) in [5, 5.41) is 3.17. The van der Waals surface area contributed by atoms with Crippen LogP contribution in [0, 0.1) is 0 Å². The lowest BCUT2D eigenvalue weighted by Gasteiger charge is -2.33. The Hall–Kier alpha value is -3.66. The van der Waals surface area contributed by atoms with Gasteiger partial charge in [-0.1, -0.05) is 55.5 Å². The highest BCUT2D eigenvalue weighted by Crippen LogP contribution is 2.54. The summed E-state index contributed by atoms with van der Waals surface area (Å²) in [5.74, 6) is 0.492. The van der Waals surface area contributed by atoms with Crippen LogP contribution >= 0.6 is 11.8 Å². The van der Waals surface area contributed by atoms with Crippen LogP contribution in [0.25, 0.3) is 0 Å². The predicted octanol–water partition coefficient (Wildman–Crippen LogP) is 3.39. The fourth-order valence-corrected chi connectivity index (χ4v) is 6.31. The van der Waals surface area contributed by atoms with Gasteiger partial charge in [-0.05, 0) is 30.0 Å². The number of fused-ring (bicyclic) bond motifs is 1. The molecule has 0 bridgehead atoms. The fourth-order valence-electron chi connectivity index (χ4n) is 4.68. The zero-order valence-electron chi connectivity index (χ0n) is 19.3. The monoisotopic (exact) mass is 490 g/mol. The zero-order valence-corrected chi connectivity index (χ0v) is 20.1. The SMILES string of the molecule is CCc1ccccc1Nc1nc(N)nc(COC(=O)[C@H]2CS[C@]3(c4ccccc4)CCC(=O)N23)n1. The van der Waals surface area contributed by atoms with Crippen molar-refractivity contribution in [3.63, 3.8) is 0 Å². The maximum absolute atomic E-state index is 13.1. The lowest BCUT2D eigenvalue weighted by Crippen LogP contribution is -2.46. The lowest BCUT2D eigenvalue weighted by atomic mass is 10.0. The third kappa shape index (κ3) is 4.41. The molecule has 35 heavy (non-hydrogen) atoms. The number of benzene rings is 2. The molecule has 10 heteroatoms. The Kier molecular flexibility index (Phi) is 6.29. The van der Waals surface area contributed by atoms with Crippen LogP contribution in [-0.4, -0.2) is 43.5 Å². The Balaban J connectivity index is 1.30. The van der Waals surface area contributed by atoms with Crippen molar-refractivity contribution in [3.8, 4) is 0 Å². The van der Waals surface area contributed by atoms with Crippen LogP contribution in [0.2, 0.25) is 0 Å². The molecule has 2 aliphatic heterocycles. The van der Waals surface area contributed by atoms with Crippen LogP contribution in [-0.2, 0) is 32.2 Å². The number of esters is 1. The number of nitrogens with two attached hydrogens (primary N) is 1. The smallest absolute Gasteiger partial charge is 0.330 e. The number of para-hydroxylation sites is 1. The van der Waals surface area contributed by atoms with Crippen LogP contribution in [0.15, 0.2) is 54.6 Å². The van der Waals surface area contributed by atoms with Gasteiger partial charge in [0.25, 0.3) is 0 Å². The van der Waals surface area contributed by atoms with E-state index in [-0.39, 0.29) is 30.2 Å². The van der Waals surface area contributed by atoms with E-state index >= 15 is 0 Å². The van der Waals surface area contributed by atoms with E-state index in [0.717, 1.165) is 23.2 Å². The molecule has 0 spiro atoms. The molecule has 180 valence electrons. The number of thioether (sulfide) groups is 1. The summed E-state index contributed by atoms with van der Waals surface area (Å²) < 4.78 is 5.57. The molecule has 9 nitrogen and oxygen atoms in total. The van der Waals surface area contributed by atoms with Gasteiger partial charge in [-0.2, -0.15) is 15.0 Å². The van der Waals surface area contributed by atoms with Crippen molar-refractivity contribution in [2.75, 3.05) is 16.8 Å². The van der Waals surface area contributed by atoms with Crippen molar-refractivity contribution in [1.29, 1.82) is 0 Å². The molecule has 2 fully saturated rings. The van der Waals surface area contributed by atoms with E-state index in [9.17, 15) is 9.59 Å². The van der Waals surface area contributed by atoms with Crippen molar-refractivity contribution in [1.82, 2.24) is 19.9 Å². The second kappa shape index (κ2) is 9.53. The summed E-state index contributed by atoms with van der Waals surface area (Å²) in [5.41, 5.74) is 8.89. The Morgan fingerprint density at radius 1 is 1.17 bits per heavy atom. The lowest BCUT2D eigenvalue weighted by molar-refractivity contribution is -0.155. The van der Waals surface area contributed by atoms with E-state index in [1.807, 2.05) is 54.6 Å². The second-order valence-corrected chi connectivity index (χ2v) is 9.72. The largest absolute Gasteiger partial charge is 0.456 e. The number of hydrogen-bond acceptors (Lipinski definition) is 9. The number of amides is 1. The minimum atomic E-state index is -0.664. The highest BCUT2D eigenvalue weighted by molar-refractivity contribution is 8.00. The average molecular weight is 491 g/mol. The molecule has 1 aromatic heterocycles. The van der Waals surface area contributed by atoms with Gasteiger partial charge in [-0.15, -0.1) is 11.8 Å². The maximum atomic E-state index is 13.1. The fraction of sp³-hybridized carbons (Fsp3) is 0.320. The molecule has 5 rings (SSSR count). The summed E-state index contributed by atoms with van der Waals surface area (Å²) in [6, 6.07) is 17.0. The molecule has 2 saturated heterocycles. The first-order valence-corrected chi connectivity index (χ1v) is 12.5. The van der Waals surface area contributed by atoms with Gasteiger partial charge in [0.2, 0.25) is 17.8 Å². The normalized spacial score (nSPS) is 21.1. The number of anilines is 3. The predicted molar refractivity (Wildman–Crippen MR) is 134 cm³/mol. The summed E-state index contributed by atoms with van der Waals surface area (Å²) in [6.07, 6.45) is 1.92. The number of aryl methyl sites for hydroxylation is 1. The topological polar surface area (TPSA) is 123 Å². The van der Waals surface area contributed by atoms with Crippen molar-refractivity contribution in [3.05, 3.63) is 71.5 Å². The number of hydrogen-bond donors (Lipinski definition) is 2. The van der Waals surface area contributed by atoms with Gasteiger partial charge in [0.15, 0.2) is 12.4 Å². The molecule has 1 amide bonds. The molecular formula is C25H26N6O3S. The number of carbonyl (C=O) groups excluding carboxylic acids is 2. The van der Waals surface area contributed by atoms with Crippen LogP contribution in [0.1, 0.15) is 36.7 Å². The van der Waals surface area contributed by atoms with E-state index in [4.69, 9.17) is 10.5 Å².